The highest BCUT2D eigenvalue weighted by atomic mass is 32.2. The van der Waals surface area contributed by atoms with E-state index >= 15 is 0 Å². The third-order valence-electron chi connectivity index (χ3n) is 5.57. The van der Waals surface area contributed by atoms with Gasteiger partial charge in [0.15, 0.2) is 5.78 Å². The number of nitrogens with zero attached hydrogens (tertiary/aromatic N) is 1. The van der Waals surface area contributed by atoms with Crippen molar-refractivity contribution in [2.75, 3.05) is 6.61 Å². The largest absolute Gasteiger partial charge is 0.465 e. The lowest BCUT2D eigenvalue weighted by atomic mass is 10.0. The maximum Gasteiger partial charge on any atom is 0.327 e. The van der Waals surface area contributed by atoms with Crippen molar-refractivity contribution in [2.24, 2.45) is 0 Å². The normalized spacial score (nSPS) is 14.1. The molecule has 0 spiro atoms. The standard InChI is InChI=1S/C24H20N2O8S/c1-2-34-24(29)21(22(27)14-6-5-7-15(12-14)26(30)31)25-35(32,33)16-10-11-18-17-8-3-4-9-19(17)23(28)20(18)13-16/h3-13,21-22,25,27H,2H2,1H3/t21-,22-/m0/s1. The average molecular weight is 496 g/mol. The van der Waals surface area contributed by atoms with Crippen LogP contribution >= 0.6 is 0 Å². The molecule has 0 radical (unpaired) electrons. The van der Waals surface area contributed by atoms with Gasteiger partial charge in [0.2, 0.25) is 10.0 Å². The lowest BCUT2D eigenvalue weighted by molar-refractivity contribution is -0.385. The fraction of sp³-hybridized carbons (Fsp3) is 0.167. The number of fused-ring (bicyclic) bond motifs is 3. The van der Waals surface area contributed by atoms with Crippen molar-refractivity contribution in [3.8, 4) is 11.1 Å². The molecule has 0 aliphatic heterocycles. The van der Waals surface area contributed by atoms with Gasteiger partial charge in [-0.25, -0.2) is 8.42 Å². The number of esters is 1. The number of nitro groups is 1. The third kappa shape index (κ3) is 4.56. The maximum absolute atomic E-state index is 13.2. The molecule has 0 unspecified atom stereocenters. The number of rotatable bonds is 8. The second-order valence-electron chi connectivity index (χ2n) is 7.73. The van der Waals surface area contributed by atoms with E-state index in [1.165, 1.54) is 43.3 Å². The molecule has 3 aromatic carbocycles. The summed E-state index contributed by atoms with van der Waals surface area (Å²) in [6, 6.07) is 13.9. The first-order valence-electron chi connectivity index (χ1n) is 10.5. The summed E-state index contributed by atoms with van der Waals surface area (Å²) in [5, 5.41) is 21.9. The maximum atomic E-state index is 13.2. The zero-order valence-electron chi connectivity index (χ0n) is 18.4. The number of hydrogen-bond acceptors (Lipinski definition) is 8. The van der Waals surface area contributed by atoms with Gasteiger partial charge < -0.3 is 9.84 Å². The minimum Gasteiger partial charge on any atom is -0.465 e. The topological polar surface area (TPSA) is 153 Å². The van der Waals surface area contributed by atoms with E-state index in [9.17, 15) is 33.2 Å². The third-order valence-corrected chi connectivity index (χ3v) is 7.01. The van der Waals surface area contributed by atoms with Gasteiger partial charge >= 0.3 is 5.97 Å². The number of sulfonamides is 1. The summed E-state index contributed by atoms with van der Waals surface area (Å²) in [4.78, 5) is 35.5. The molecule has 0 aromatic heterocycles. The number of nitrogens with one attached hydrogen (secondary N) is 1. The highest BCUT2D eigenvalue weighted by Gasteiger charge is 2.36. The lowest BCUT2D eigenvalue weighted by Gasteiger charge is -2.23. The summed E-state index contributed by atoms with van der Waals surface area (Å²) in [5.74, 6) is -1.40. The van der Waals surface area contributed by atoms with E-state index in [0.717, 1.165) is 6.07 Å². The zero-order chi connectivity index (χ0) is 25.3. The Kier molecular flexibility index (Phi) is 6.48. The summed E-state index contributed by atoms with van der Waals surface area (Å²) in [6.45, 7) is 1.41. The predicted molar refractivity (Wildman–Crippen MR) is 124 cm³/mol. The fourth-order valence-electron chi connectivity index (χ4n) is 3.90. The Balaban J connectivity index is 1.68. The number of aliphatic hydroxyl groups is 1. The minimum atomic E-state index is -4.43. The van der Waals surface area contributed by atoms with Crippen LogP contribution < -0.4 is 4.72 Å². The van der Waals surface area contributed by atoms with Crippen LogP contribution in [0.5, 0.6) is 0 Å². The summed E-state index contributed by atoms with van der Waals surface area (Å²) < 4.78 is 33.4. The first kappa shape index (κ1) is 24.2. The smallest absolute Gasteiger partial charge is 0.327 e. The molecular weight excluding hydrogens is 476 g/mol. The van der Waals surface area contributed by atoms with Gasteiger partial charge in [-0.1, -0.05) is 42.5 Å². The highest BCUT2D eigenvalue weighted by Crippen LogP contribution is 2.37. The monoisotopic (exact) mass is 496 g/mol. The lowest BCUT2D eigenvalue weighted by Crippen LogP contribution is -2.45. The second-order valence-corrected chi connectivity index (χ2v) is 9.44. The van der Waals surface area contributed by atoms with E-state index in [2.05, 4.69) is 4.72 Å². The Morgan fingerprint density at radius 1 is 1.03 bits per heavy atom. The van der Waals surface area contributed by atoms with E-state index < -0.39 is 33.1 Å². The number of benzene rings is 3. The van der Waals surface area contributed by atoms with E-state index in [0.29, 0.717) is 16.7 Å². The van der Waals surface area contributed by atoms with Crippen LogP contribution in [0.2, 0.25) is 0 Å². The van der Waals surface area contributed by atoms with Gasteiger partial charge in [0.1, 0.15) is 12.1 Å². The number of hydrogen-bond donors (Lipinski definition) is 2. The molecule has 0 bridgehead atoms. The molecule has 0 saturated heterocycles. The van der Waals surface area contributed by atoms with Crippen LogP contribution in [0, 0.1) is 10.1 Å². The molecule has 0 fully saturated rings. The Morgan fingerprint density at radius 3 is 2.40 bits per heavy atom. The van der Waals surface area contributed by atoms with Gasteiger partial charge in [-0.15, -0.1) is 0 Å². The van der Waals surface area contributed by atoms with Crippen molar-refractivity contribution in [1.29, 1.82) is 0 Å². The van der Waals surface area contributed by atoms with Crippen molar-refractivity contribution in [2.45, 2.75) is 24.0 Å². The predicted octanol–water partition coefficient (Wildman–Crippen LogP) is 2.75. The Labute approximate surface area is 200 Å². The van der Waals surface area contributed by atoms with Crippen LogP contribution in [0.15, 0.2) is 71.6 Å². The molecule has 0 saturated carbocycles. The Morgan fingerprint density at radius 2 is 1.71 bits per heavy atom. The zero-order valence-corrected chi connectivity index (χ0v) is 19.2. The van der Waals surface area contributed by atoms with Crippen molar-refractivity contribution in [3.63, 3.8) is 0 Å². The molecule has 11 heteroatoms. The van der Waals surface area contributed by atoms with Crippen LogP contribution in [0.4, 0.5) is 5.69 Å². The number of non-ortho nitro benzene ring substituents is 1. The van der Waals surface area contributed by atoms with Gasteiger partial charge in [-0.2, -0.15) is 4.72 Å². The van der Waals surface area contributed by atoms with Gasteiger partial charge in [0.05, 0.1) is 16.4 Å². The van der Waals surface area contributed by atoms with E-state index in [1.54, 1.807) is 24.3 Å². The van der Waals surface area contributed by atoms with Crippen LogP contribution in [0.3, 0.4) is 0 Å². The molecule has 1 aliphatic carbocycles. The first-order chi connectivity index (χ1) is 16.6. The molecule has 2 N–H and O–H groups in total. The summed E-state index contributed by atoms with van der Waals surface area (Å²) >= 11 is 0. The number of carbonyl (C=O) groups is 2. The van der Waals surface area contributed by atoms with Crippen molar-refractivity contribution in [3.05, 3.63) is 93.5 Å². The molecular formula is C24H20N2O8S. The summed E-state index contributed by atoms with van der Waals surface area (Å²) in [6.07, 6.45) is -1.79. The highest BCUT2D eigenvalue weighted by molar-refractivity contribution is 7.89. The second kappa shape index (κ2) is 9.37. The molecule has 3 aromatic rings. The molecule has 4 rings (SSSR count). The van der Waals surface area contributed by atoms with Crippen LogP contribution in [0.1, 0.15) is 34.5 Å². The van der Waals surface area contributed by atoms with Crippen molar-refractivity contribution in [1.82, 2.24) is 4.72 Å². The molecule has 1 aliphatic rings. The van der Waals surface area contributed by atoms with Crippen molar-refractivity contribution < 1.29 is 32.8 Å². The molecule has 0 heterocycles. The van der Waals surface area contributed by atoms with E-state index in [1.807, 2.05) is 0 Å². The first-order valence-corrected chi connectivity index (χ1v) is 12.0. The molecule has 10 nitrogen and oxygen atoms in total. The van der Waals surface area contributed by atoms with Gasteiger partial charge in [-0.3, -0.25) is 19.7 Å². The Bertz CT molecular complexity index is 1450. The average Bonchev–Trinajstić information content (AvgIpc) is 3.14. The molecule has 2 atom stereocenters. The van der Waals surface area contributed by atoms with Crippen LogP contribution in [-0.2, 0) is 19.6 Å². The summed E-state index contributed by atoms with van der Waals surface area (Å²) in [5.41, 5.74) is 1.53. The Hall–Kier alpha value is -3.93. The molecule has 35 heavy (non-hydrogen) atoms. The van der Waals surface area contributed by atoms with Gasteiger partial charge in [-0.05, 0) is 35.7 Å². The minimum absolute atomic E-state index is 0.0560. The number of ketones is 1. The SMILES string of the molecule is CCOC(=O)[C@@H](NS(=O)(=O)c1ccc2c(c1)C(=O)c1ccccc1-2)[C@@H](O)c1cccc([N+](=O)[O-])c1. The van der Waals surface area contributed by atoms with Crippen molar-refractivity contribution >= 4 is 27.5 Å². The molecule has 0 amide bonds. The fourth-order valence-corrected chi connectivity index (χ4v) is 5.11. The van der Waals surface area contributed by atoms with E-state index in [4.69, 9.17) is 4.74 Å². The van der Waals surface area contributed by atoms with Crippen LogP contribution in [0.25, 0.3) is 11.1 Å². The van der Waals surface area contributed by atoms with Gasteiger partial charge in [0, 0.05) is 23.3 Å². The number of nitro benzene ring substituents is 1. The quantitative estimate of drug-likeness (QED) is 0.214. The van der Waals surface area contributed by atoms with E-state index in [-0.39, 0.29) is 34.1 Å². The summed E-state index contributed by atoms with van der Waals surface area (Å²) in [7, 11) is -4.43. The molecule has 180 valence electrons. The van der Waals surface area contributed by atoms with Crippen LogP contribution in [-0.4, -0.2) is 42.8 Å². The number of ether oxygens (including phenoxy) is 1. The number of carbonyl (C=O) groups excluding carboxylic acids is 2. The van der Waals surface area contributed by atoms with Gasteiger partial charge in [0.25, 0.3) is 5.69 Å². The number of aliphatic hydroxyl groups excluding tert-OH is 1.